The van der Waals surface area contributed by atoms with Crippen molar-refractivity contribution in [2.24, 2.45) is 0 Å². The summed E-state index contributed by atoms with van der Waals surface area (Å²) in [5, 5.41) is 13.0. The number of aromatic nitrogens is 1. The molecule has 1 aromatic carbocycles. The summed E-state index contributed by atoms with van der Waals surface area (Å²) in [6.45, 7) is 0.430. The van der Waals surface area contributed by atoms with Gasteiger partial charge in [-0.25, -0.2) is 4.79 Å². The van der Waals surface area contributed by atoms with Crippen molar-refractivity contribution in [1.29, 1.82) is 0 Å². The first-order valence-electron chi connectivity index (χ1n) is 8.31. The van der Waals surface area contributed by atoms with Gasteiger partial charge in [0.25, 0.3) is 5.91 Å². The summed E-state index contributed by atoms with van der Waals surface area (Å²) < 4.78 is 0. The zero-order chi connectivity index (χ0) is 18.3. The van der Waals surface area contributed by atoms with E-state index >= 15 is 0 Å². The number of thiophene rings is 1. The van der Waals surface area contributed by atoms with Crippen LogP contribution >= 0.6 is 11.3 Å². The van der Waals surface area contributed by atoms with E-state index in [9.17, 15) is 19.5 Å². The van der Waals surface area contributed by atoms with Gasteiger partial charge in [-0.3, -0.25) is 9.59 Å². The number of ketones is 1. The van der Waals surface area contributed by atoms with Gasteiger partial charge in [-0.05, 0) is 30.5 Å². The standard InChI is InChI=1S/C19H16N2O4S/c22-14-4-5-15-13(14)8-16(26-15)18(23)20-7-6-10-9-21-17-11(10)2-1-3-12(17)19(24)25/h1-3,8-9,21H,4-7H2,(H,20,23)(H,24,25). The van der Waals surface area contributed by atoms with Gasteiger partial charge in [0, 0.05) is 35.0 Å². The van der Waals surface area contributed by atoms with Gasteiger partial charge in [-0.15, -0.1) is 11.3 Å². The van der Waals surface area contributed by atoms with Gasteiger partial charge >= 0.3 is 5.97 Å². The lowest BCUT2D eigenvalue weighted by atomic mass is 10.1. The van der Waals surface area contributed by atoms with Gasteiger partial charge < -0.3 is 15.4 Å². The van der Waals surface area contributed by atoms with Crippen molar-refractivity contribution in [2.75, 3.05) is 6.54 Å². The number of carboxylic acid groups (broad SMARTS) is 1. The number of H-pyrrole nitrogens is 1. The van der Waals surface area contributed by atoms with E-state index in [1.165, 1.54) is 11.3 Å². The number of aromatic amines is 1. The molecule has 0 bridgehead atoms. The van der Waals surface area contributed by atoms with Crippen molar-refractivity contribution < 1.29 is 19.5 Å². The lowest BCUT2D eigenvalue weighted by molar-refractivity contribution is 0.0698. The van der Waals surface area contributed by atoms with Crippen LogP contribution in [0.15, 0.2) is 30.5 Å². The third kappa shape index (κ3) is 2.80. The summed E-state index contributed by atoms with van der Waals surface area (Å²) in [7, 11) is 0. The molecule has 0 radical (unpaired) electrons. The molecular weight excluding hydrogens is 352 g/mol. The number of rotatable bonds is 5. The zero-order valence-electron chi connectivity index (χ0n) is 13.8. The second kappa shape index (κ2) is 6.42. The summed E-state index contributed by atoms with van der Waals surface area (Å²) in [6, 6.07) is 6.83. The van der Waals surface area contributed by atoms with E-state index < -0.39 is 5.97 Å². The van der Waals surface area contributed by atoms with Crippen LogP contribution in [0.25, 0.3) is 10.9 Å². The molecule has 6 nitrogen and oxygen atoms in total. The molecule has 1 aliphatic rings. The van der Waals surface area contributed by atoms with E-state index in [0.717, 1.165) is 22.2 Å². The van der Waals surface area contributed by atoms with Gasteiger partial charge in [-0.1, -0.05) is 12.1 Å². The normalized spacial score (nSPS) is 13.2. The van der Waals surface area contributed by atoms with E-state index in [2.05, 4.69) is 10.3 Å². The maximum absolute atomic E-state index is 12.3. The number of hydrogen-bond donors (Lipinski definition) is 3. The highest BCUT2D eigenvalue weighted by molar-refractivity contribution is 7.14. The highest BCUT2D eigenvalue weighted by atomic mass is 32.1. The molecular formula is C19H16N2O4S. The molecule has 132 valence electrons. The molecule has 3 N–H and O–H groups in total. The van der Waals surface area contributed by atoms with Gasteiger partial charge in [0.2, 0.25) is 0 Å². The lowest BCUT2D eigenvalue weighted by Crippen LogP contribution is -2.24. The van der Waals surface area contributed by atoms with E-state index in [0.29, 0.717) is 35.3 Å². The topological polar surface area (TPSA) is 99.3 Å². The maximum atomic E-state index is 12.3. The molecule has 7 heteroatoms. The number of para-hydroxylation sites is 1. The number of Topliss-reactive ketones (excluding diaryl/α,β-unsaturated/α-hetero) is 1. The van der Waals surface area contributed by atoms with Crippen molar-refractivity contribution in [2.45, 2.75) is 19.3 Å². The number of carbonyl (C=O) groups is 3. The van der Waals surface area contributed by atoms with Crippen LogP contribution in [0, 0.1) is 0 Å². The fourth-order valence-electron chi connectivity index (χ4n) is 3.32. The summed E-state index contributed by atoms with van der Waals surface area (Å²) >= 11 is 1.39. The third-order valence-electron chi connectivity index (χ3n) is 4.62. The molecule has 4 rings (SSSR count). The molecule has 1 aliphatic carbocycles. The summed E-state index contributed by atoms with van der Waals surface area (Å²) in [5.74, 6) is -1.04. The van der Waals surface area contributed by atoms with Gasteiger partial charge in [0.15, 0.2) is 5.78 Å². The Morgan fingerprint density at radius 2 is 2.12 bits per heavy atom. The molecule has 0 saturated heterocycles. The van der Waals surface area contributed by atoms with E-state index in [1.54, 1.807) is 24.4 Å². The van der Waals surface area contributed by atoms with Crippen molar-refractivity contribution >= 4 is 39.9 Å². The van der Waals surface area contributed by atoms with E-state index in [4.69, 9.17) is 0 Å². The highest BCUT2D eigenvalue weighted by Gasteiger charge is 2.24. The molecule has 26 heavy (non-hydrogen) atoms. The van der Waals surface area contributed by atoms with Gasteiger partial charge in [0.1, 0.15) is 0 Å². The Hall–Kier alpha value is -2.93. The predicted octanol–water partition coefficient (Wildman–Crippen LogP) is 3.03. The van der Waals surface area contributed by atoms with Crippen LogP contribution in [-0.2, 0) is 12.8 Å². The Morgan fingerprint density at radius 3 is 2.88 bits per heavy atom. The Balaban J connectivity index is 1.43. The monoisotopic (exact) mass is 368 g/mol. The predicted molar refractivity (Wildman–Crippen MR) is 98.3 cm³/mol. The molecule has 2 aromatic heterocycles. The molecule has 3 aromatic rings. The zero-order valence-corrected chi connectivity index (χ0v) is 14.6. The first-order valence-corrected chi connectivity index (χ1v) is 9.12. The molecule has 0 spiro atoms. The number of aromatic carboxylic acids is 1. The van der Waals surface area contributed by atoms with Crippen molar-refractivity contribution in [3.63, 3.8) is 0 Å². The number of benzene rings is 1. The second-order valence-corrected chi connectivity index (χ2v) is 7.36. The first-order chi connectivity index (χ1) is 12.5. The lowest BCUT2D eigenvalue weighted by Gasteiger charge is -2.04. The average Bonchev–Trinajstić information content (AvgIpc) is 3.31. The molecule has 0 fully saturated rings. The fraction of sp³-hybridized carbons (Fsp3) is 0.211. The minimum Gasteiger partial charge on any atom is -0.478 e. The number of carboxylic acids is 1. The number of amides is 1. The van der Waals surface area contributed by atoms with Crippen LogP contribution < -0.4 is 5.32 Å². The Morgan fingerprint density at radius 1 is 1.27 bits per heavy atom. The second-order valence-electron chi connectivity index (χ2n) is 6.22. The van der Waals surface area contributed by atoms with E-state index in [1.807, 2.05) is 6.07 Å². The van der Waals surface area contributed by atoms with Crippen LogP contribution in [0.2, 0.25) is 0 Å². The van der Waals surface area contributed by atoms with Gasteiger partial charge in [-0.2, -0.15) is 0 Å². The van der Waals surface area contributed by atoms with Crippen LogP contribution in [-0.4, -0.2) is 34.3 Å². The van der Waals surface area contributed by atoms with E-state index in [-0.39, 0.29) is 17.3 Å². The average molecular weight is 368 g/mol. The summed E-state index contributed by atoms with van der Waals surface area (Å²) in [5.41, 5.74) is 2.47. The van der Waals surface area contributed by atoms with Crippen molar-refractivity contribution in [1.82, 2.24) is 10.3 Å². The van der Waals surface area contributed by atoms with Crippen molar-refractivity contribution in [3.05, 3.63) is 56.9 Å². The molecule has 0 saturated carbocycles. The van der Waals surface area contributed by atoms with Crippen LogP contribution in [0.3, 0.4) is 0 Å². The van der Waals surface area contributed by atoms with Gasteiger partial charge in [0.05, 0.1) is 16.0 Å². The quantitative estimate of drug-likeness (QED) is 0.644. The summed E-state index contributed by atoms with van der Waals surface area (Å²) in [4.78, 5) is 39.8. The number of nitrogens with one attached hydrogen (secondary N) is 2. The third-order valence-corrected chi connectivity index (χ3v) is 5.82. The number of carbonyl (C=O) groups excluding carboxylic acids is 2. The smallest absolute Gasteiger partial charge is 0.337 e. The molecule has 0 aliphatic heterocycles. The Kier molecular flexibility index (Phi) is 4.08. The van der Waals surface area contributed by atoms with Crippen molar-refractivity contribution in [3.8, 4) is 0 Å². The SMILES string of the molecule is O=C(NCCc1c[nH]c2c(C(=O)O)cccc12)c1cc2c(s1)CCC2=O. The molecule has 1 amide bonds. The Bertz CT molecular complexity index is 1050. The molecule has 2 heterocycles. The minimum absolute atomic E-state index is 0.114. The fourth-order valence-corrected chi connectivity index (χ4v) is 4.41. The maximum Gasteiger partial charge on any atom is 0.337 e. The number of aryl methyl sites for hydroxylation is 1. The summed E-state index contributed by atoms with van der Waals surface area (Å²) in [6.07, 6.45) is 3.63. The minimum atomic E-state index is -0.974. The Labute approximate surface area is 152 Å². The van der Waals surface area contributed by atoms with Crippen LogP contribution in [0.5, 0.6) is 0 Å². The van der Waals surface area contributed by atoms with Crippen LogP contribution in [0.1, 0.15) is 47.2 Å². The largest absolute Gasteiger partial charge is 0.478 e. The number of fused-ring (bicyclic) bond motifs is 2. The highest BCUT2D eigenvalue weighted by Crippen LogP contribution is 2.30. The molecule has 0 unspecified atom stereocenters. The number of hydrogen-bond acceptors (Lipinski definition) is 4. The first kappa shape index (κ1) is 16.5. The van der Waals surface area contributed by atoms with Crippen LogP contribution in [0.4, 0.5) is 0 Å². The molecule has 0 atom stereocenters.